The number of furan rings is 1. The number of benzene rings is 1. The van der Waals surface area contributed by atoms with Crippen LogP contribution in [0.3, 0.4) is 0 Å². The Morgan fingerprint density at radius 1 is 1.21 bits per heavy atom. The van der Waals surface area contributed by atoms with Crippen molar-refractivity contribution < 1.29 is 28.2 Å². The van der Waals surface area contributed by atoms with E-state index in [0.29, 0.717) is 28.1 Å². The molecule has 3 heterocycles. The van der Waals surface area contributed by atoms with Gasteiger partial charge in [-0.15, -0.1) is 0 Å². The van der Waals surface area contributed by atoms with Gasteiger partial charge in [0.2, 0.25) is 11.6 Å². The molecule has 1 aromatic carbocycles. The van der Waals surface area contributed by atoms with Crippen molar-refractivity contribution in [1.29, 1.82) is 0 Å². The molecule has 8 heteroatoms. The quantitative estimate of drug-likeness (QED) is 0.499. The fraction of sp³-hybridized carbons (Fsp3) is 0.150. The van der Waals surface area contributed by atoms with Crippen LogP contribution < -0.4 is 0 Å². The highest BCUT2D eigenvalue weighted by atomic mass is 16.6. The largest absolute Gasteiger partial charge is 0.464 e. The fourth-order valence-corrected chi connectivity index (χ4v) is 2.91. The number of carbonyl (C=O) groups excluding carboxylic acids is 2. The Balaban J connectivity index is 1.71. The maximum absolute atomic E-state index is 12.1. The Bertz CT molecular complexity index is 1120. The zero-order chi connectivity index (χ0) is 19.7. The lowest BCUT2D eigenvalue weighted by Gasteiger charge is -2.06. The molecule has 3 aromatic rings. The topological polar surface area (TPSA) is 92.3 Å². The summed E-state index contributed by atoms with van der Waals surface area (Å²) in [4.78, 5) is 28.3. The van der Waals surface area contributed by atoms with Crippen LogP contribution in [0.25, 0.3) is 17.2 Å². The van der Waals surface area contributed by atoms with E-state index in [1.54, 1.807) is 28.8 Å². The van der Waals surface area contributed by atoms with Crippen LogP contribution in [-0.4, -0.2) is 36.6 Å². The molecular weight excluding hydrogens is 364 g/mol. The second kappa shape index (κ2) is 7.16. The minimum Gasteiger partial charge on any atom is -0.464 e. The third-order valence-corrected chi connectivity index (χ3v) is 4.16. The van der Waals surface area contributed by atoms with E-state index in [1.807, 2.05) is 18.2 Å². The molecule has 0 fully saturated rings. The number of aliphatic imine (C=N–C) groups is 1. The molecular formula is C20H16N2O6. The van der Waals surface area contributed by atoms with Gasteiger partial charge in [-0.3, -0.25) is 4.57 Å². The zero-order valence-electron chi connectivity index (χ0n) is 15.2. The molecule has 0 saturated heterocycles. The molecule has 1 aliphatic rings. The molecule has 0 aliphatic carbocycles. The van der Waals surface area contributed by atoms with Gasteiger partial charge in [0, 0.05) is 24.1 Å². The number of methoxy groups -OCH3 is 2. The van der Waals surface area contributed by atoms with E-state index in [-0.39, 0.29) is 18.3 Å². The fourth-order valence-electron chi connectivity index (χ4n) is 2.91. The van der Waals surface area contributed by atoms with Gasteiger partial charge in [0.15, 0.2) is 5.70 Å². The van der Waals surface area contributed by atoms with Gasteiger partial charge in [-0.25, -0.2) is 14.6 Å². The molecule has 0 atom stereocenters. The lowest BCUT2D eigenvalue weighted by molar-refractivity contribution is -0.129. The van der Waals surface area contributed by atoms with E-state index in [1.165, 1.54) is 20.3 Å². The predicted molar refractivity (Wildman–Crippen MR) is 99.6 cm³/mol. The molecule has 0 radical (unpaired) electrons. The van der Waals surface area contributed by atoms with Gasteiger partial charge in [0.1, 0.15) is 18.2 Å². The van der Waals surface area contributed by atoms with E-state index < -0.39 is 11.9 Å². The lowest BCUT2D eigenvalue weighted by Crippen LogP contribution is -2.11. The number of ether oxygens (including phenoxy) is 3. The third kappa shape index (κ3) is 3.10. The number of aromatic nitrogens is 1. The number of hydrogen-bond acceptors (Lipinski definition) is 7. The van der Waals surface area contributed by atoms with E-state index in [0.717, 1.165) is 0 Å². The van der Waals surface area contributed by atoms with Crippen LogP contribution in [-0.2, 0) is 25.7 Å². The summed E-state index contributed by atoms with van der Waals surface area (Å²) in [5.41, 5.74) is 1.56. The van der Waals surface area contributed by atoms with Gasteiger partial charge in [-0.05, 0) is 24.3 Å². The van der Waals surface area contributed by atoms with Crippen LogP contribution in [0.15, 0.2) is 57.6 Å². The number of esters is 2. The van der Waals surface area contributed by atoms with Crippen molar-refractivity contribution in [2.45, 2.75) is 6.73 Å². The minimum atomic E-state index is -0.560. The van der Waals surface area contributed by atoms with Gasteiger partial charge in [0.05, 0.1) is 7.11 Å². The van der Waals surface area contributed by atoms with Crippen LogP contribution in [0.5, 0.6) is 0 Å². The molecule has 0 unspecified atom stereocenters. The average Bonchev–Trinajstić information content (AvgIpc) is 3.37. The molecule has 0 spiro atoms. The summed E-state index contributed by atoms with van der Waals surface area (Å²) in [5.74, 6) is -0.420. The predicted octanol–water partition coefficient (Wildman–Crippen LogP) is 2.97. The van der Waals surface area contributed by atoms with Gasteiger partial charge < -0.3 is 18.6 Å². The van der Waals surface area contributed by atoms with Crippen molar-refractivity contribution in [3.63, 3.8) is 0 Å². The highest BCUT2D eigenvalue weighted by molar-refractivity contribution is 6.12. The minimum absolute atomic E-state index is 0.107. The van der Waals surface area contributed by atoms with E-state index in [9.17, 15) is 9.59 Å². The van der Waals surface area contributed by atoms with Gasteiger partial charge in [0.25, 0.3) is 0 Å². The molecule has 1 aliphatic heterocycles. The first kappa shape index (κ1) is 17.7. The Hall–Kier alpha value is -3.65. The monoisotopic (exact) mass is 380 g/mol. The second-order valence-electron chi connectivity index (χ2n) is 5.98. The summed E-state index contributed by atoms with van der Waals surface area (Å²) in [5, 5.41) is 0.669. The van der Waals surface area contributed by atoms with E-state index >= 15 is 0 Å². The van der Waals surface area contributed by atoms with Crippen molar-refractivity contribution in [1.82, 2.24) is 4.57 Å². The van der Waals surface area contributed by atoms with E-state index in [4.69, 9.17) is 18.6 Å². The standard InChI is InChI=1S/C20H16N2O6/c1-25-11-22-16(20(24)26-2)9-13-8-14(27-18(13)22)10-15-19(23)28-17(21-15)12-6-4-3-5-7-12/h3-10H,11H2,1-2H3/b15-10+. The first-order valence-electron chi connectivity index (χ1n) is 8.39. The molecule has 28 heavy (non-hydrogen) atoms. The number of rotatable bonds is 5. The zero-order valence-corrected chi connectivity index (χ0v) is 15.2. The van der Waals surface area contributed by atoms with Gasteiger partial charge in [-0.1, -0.05) is 18.2 Å². The van der Waals surface area contributed by atoms with Crippen LogP contribution in [0.2, 0.25) is 0 Å². The molecule has 142 valence electrons. The molecule has 4 rings (SSSR count). The summed E-state index contributed by atoms with van der Waals surface area (Å²) in [6.45, 7) is 0.107. The summed E-state index contributed by atoms with van der Waals surface area (Å²) in [6.07, 6.45) is 1.49. The van der Waals surface area contributed by atoms with Crippen molar-refractivity contribution in [3.8, 4) is 0 Å². The molecule has 0 bridgehead atoms. The maximum Gasteiger partial charge on any atom is 0.363 e. The van der Waals surface area contributed by atoms with Crippen LogP contribution in [0.4, 0.5) is 0 Å². The van der Waals surface area contributed by atoms with Crippen LogP contribution in [0.1, 0.15) is 21.8 Å². The highest BCUT2D eigenvalue weighted by Gasteiger charge is 2.25. The molecule has 0 amide bonds. The molecule has 0 N–H and O–H groups in total. The number of cyclic esters (lactones) is 1. The Labute approximate surface area is 159 Å². The molecule has 0 saturated carbocycles. The van der Waals surface area contributed by atoms with E-state index in [2.05, 4.69) is 4.99 Å². The summed E-state index contributed by atoms with van der Waals surface area (Å²) < 4.78 is 22.5. The highest BCUT2D eigenvalue weighted by Crippen LogP contribution is 2.27. The van der Waals surface area contributed by atoms with Crippen molar-refractivity contribution in [3.05, 3.63) is 65.2 Å². The van der Waals surface area contributed by atoms with Crippen LogP contribution in [0, 0.1) is 0 Å². The maximum atomic E-state index is 12.1. The van der Waals surface area contributed by atoms with Crippen molar-refractivity contribution >= 4 is 35.0 Å². The summed E-state index contributed by atoms with van der Waals surface area (Å²) in [7, 11) is 2.81. The average molecular weight is 380 g/mol. The SMILES string of the molecule is COCn1c(C(=O)OC)cc2cc(/C=C3/N=C(c4ccccc4)OC3=O)oc21. The third-order valence-electron chi connectivity index (χ3n) is 4.16. The Morgan fingerprint density at radius 2 is 2.00 bits per heavy atom. The first-order chi connectivity index (χ1) is 13.6. The second-order valence-corrected chi connectivity index (χ2v) is 5.98. The van der Waals surface area contributed by atoms with Gasteiger partial charge >= 0.3 is 11.9 Å². The smallest absolute Gasteiger partial charge is 0.363 e. The van der Waals surface area contributed by atoms with Crippen molar-refractivity contribution in [2.24, 2.45) is 4.99 Å². The Kier molecular flexibility index (Phi) is 4.54. The van der Waals surface area contributed by atoms with Crippen molar-refractivity contribution in [2.75, 3.05) is 14.2 Å². The Morgan fingerprint density at radius 3 is 2.71 bits per heavy atom. The molecule has 2 aromatic heterocycles. The summed E-state index contributed by atoms with van der Waals surface area (Å²) in [6, 6.07) is 12.5. The number of carbonyl (C=O) groups is 2. The normalized spacial score (nSPS) is 15.1. The van der Waals surface area contributed by atoms with Gasteiger partial charge in [-0.2, -0.15) is 0 Å². The van der Waals surface area contributed by atoms with Crippen LogP contribution >= 0.6 is 0 Å². The number of nitrogens with zero attached hydrogens (tertiary/aromatic N) is 2. The first-order valence-corrected chi connectivity index (χ1v) is 8.39. The number of hydrogen-bond donors (Lipinski definition) is 0. The number of fused-ring (bicyclic) bond motifs is 1. The lowest BCUT2D eigenvalue weighted by atomic mass is 10.2. The summed E-state index contributed by atoms with van der Waals surface area (Å²) >= 11 is 0. The molecule has 8 nitrogen and oxygen atoms in total.